The van der Waals surface area contributed by atoms with E-state index in [-0.39, 0.29) is 11.8 Å². The summed E-state index contributed by atoms with van der Waals surface area (Å²) < 4.78 is 13.9. The molecule has 0 radical (unpaired) electrons. The van der Waals surface area contributed by atoms with E-state index in [0.29, 0.717) is 6.04 Å². The number of nitrogens with one attached hydrogen (secondary N) is 2. The molecule has 164 valence electrons. The molecule has 8 heteroatoms. The van der Waals surface area contributed by atoms with Gasteiger partial charge in [0.05, 0.1) is 30.0 Å². The van der Waals surface area contributed by atoms with Gasteiger partial charge in [-0.05, 0) is 67.6 Å². The number of hydrogen-bond donors (Lipinski definition) is 2. The second-order valence-corrected chi connectivity index (χ2v) is 8.78. The van der Waals surface area contributed by atoms with Crippen molar-refractivity contribution in [2.75, 3.05) is 12.4 Å². The molecule has 1 aliphatic rings. The molecule has 0 saturated heterocycles. The quantitative estimate of drug-likeness (QED) is 0.451. The van der Waals surface area contributed by atoms with E-state index in [0.717, 1.165) is 65.6 Å². The van der Waals surface area contributed by atoms with Crippen LogP contribution in [0.3, 0.4) is 0 Å². The van der Waals surface area contributed by atoms with Gasteiger partial charge in [0.25, 0.3) is 0 Å². The van der Waals surface area contributed by atoms with E-state index in [1.54, 1.807) is 13.3 Å². The highest BCUT2D eigenvalue weighted by Crippen LogP contribution is 2.29. The molecule has 0 atom stereocenters. The number of amides is 1. The van der Waals surface area contributed by atoms with Crippen LogP contribution in [0.25, 0.3) is 21.9 Å². The van der Waals surface area contributed by atoms with Crippen LogP contribution in [0.2, 0.25) is 0 Å². The second-order valence-electron chi connectivity index (χ2n) is 8.25. The van der Waals surface area contributed by atoms with Gasteiger partial charge >= 0.3 is 0 Å². The highest BCUT2D eigenvalue weighted by molar-refractivity contribution is 7.00. The minimum absolute atomic E-state index is 0.0271. The molecule has 1 amide bonds. The first kappa shape index (κ1) is 20.8. The molecule has 2 aromatic carbocycles. The molecule has 4 aromatic rings. The molecule has 0 bridgehead atoms. The van der Waals surface area contributed by atoms with Gasteiger partial charge < -0.3 is 15.4 Å². The van der Waals surface area contributed by atoms with Crippen LogP contribution in [0.5, 0.6) is 5.75 Å². The predicted octanol–water partition coefficient (Wildman–Crippen LogP) is 4.54. The fourth-order valence-electron chi connectivity index (χ4n) is 4.36. The Morgan fingerprint density at radius 1 is 1.03 bits per heavy atom. The van der Waals surface area contributed by atoms with Crippen LogP contribution in [0.4, 0.5) is 5.69 Å². The number of pyridine rings is 1. The summed E-state index contributed by atoms with van der Waals surface area (Å²) in [6, 6.07) is 14.2. The lowest BCUT2D eigenvalue weighted by molar-refractivity contribution is -0.120. The van der Waals surface area contributed by atoms with Crippen molar-refractivity contribution in [1.82, 2.24) is 19.0 Å². The Balaban J connectivity index is 1.16. The Morgan fingerprint density at radius 3 is 2.69 bits per heavy atom. The molecule has 2 aromatic heterocycles. The summed E-state index contributed by atoms with van der Waals surface area (Å²) in [6.07, 6.45) is 5.47. The summed E-state index contributed by atoms with van der Waals surface area (Å²) >= 11 is 1.25. The van der Waals surface area contributed by atoms with Crippen LogP contribution >= 0.6 is 11.7 Å². The maximum atomic E-state index is 13.0. The van der Waals surface area contributed by atoms with Crippen LogP contribution in [-0.2, 0) is 11.3 Å². The largest absolute Gasteiger partial charge is 0.497 e. The first-order chi connectivity index (χ1) is 15.7. The van der Waals surface area contributed by atoms with Gasteiger partial charge in [0.2, 0.25) is 5.91 Å². The van der Waals surface area contributed by atoms with E-state index in [4.69, 9.17) is 4.74 Å². The van der Waals surface area contributed by atoms with Crippen molar-refractivity contribution in [2.24, 2.45) is 5.92 Å². The van der Waals surface area contributed by atoms with E-state index in [9.17, 15) is 4.79 Å². The predicted molar refractivity (Wildman–Crippen MR) is 127 cm³/mol. The lowest BCUT2D eigenvalue weighted by Gasteiger charge is -2.28. The summed E-state index contributed by atoms with van der Waals surface area (Å²) in [7, 11) is 1.64. The minimum atomic E-state index is 0.0271. The zero-order chi connectivity index (χ0) is 21.9. The fourth-order valence-corrected chi connectivity index (χ4v) is 4.87. The lowest BCUT2D eigenvalue weighted by Crippen LogP contribution is -2.36. The molecule has 0 spiro atoms. The molecule has 1 fully saturated rings. The highest BCUT2D eigenvalue weighted by atomic mass is 32.1. The summed E-state index contributed by atoms with van der Waals surface area (Å²) in [4.78, 5) is 17.3. The number of nitrogens with zero attached hydrogens (tertiary/aromatic N) is 3. The van der Waals surface area contributed by atoms with Gasteiger partial charge in [-0.15, -0.1) is 0 Å². The van der Waals surface area contributed by atoms with Gasteiger partial charge in [0, 0.05) is 30.1 Å². The van der Waals surface area contributed by atoms with Gasteiger partial charge in [-0.1, -0.05) is 6.07 Å². The zero-order valence-corrected chi connectivity index (χ0v) is 18.7. The molecule has 2 heterocycles. The molecule has 0 unspecified atom stereocenters. The standard InChI is InChI=1S/C24H25N5O2S/c1-31-18-7-9-20-19(13-18)21(10-11-25-20)27-24(30)16-3-5-17(6-4-16)26-14-15-2-8-22-23(12-15)29-32-28-22/h2,7-13,16-17,26H,3-6,14H2,1H3,(H,25,27,30)/t16-,17-. The topological polar surface area (TPSA) is 89.0 Å². The third-order valence-electron chi connectivity index (χ3n) is 6.22. The van der Waals surface area contributed by atoms with Gasteiger partial charge in [0.15, 0.2) is 0 Å². The zero-order valence-electron chi connectivity index (χ0n) is 17.9. The third kappa shape index (κ3) is 4.42. The molecular formula is C24H25N5O2S. The number of anilines is 1. The van der Waals surface area contributed by atoms with Crippen LogP contribution in [0.1, 0.15) is 31.2 Å². The second kappa shape index (κ2) is 9.18. The molecular weight excluding hydrogens is 422 g/mol. The van der Waals surface area contributed by atoms with Crippen molar-refractivity contribution >= 4 is 45.3 Å². The van der Waals surface area contributed by atoms with Gasteiger partial charge in [-0.3, -0.25) is 9.78 Å². The Bertz CT molecular complexity index is 1250. The van der Waals surface area contributed by atoms with E-state index >= 15 is 0 Å². The van der Waals surface area contributed by atoms with Crippen LogP contribution in [0, 0.1) is 5.92 Å². The highest BCUT2D eigenvalue weighted by Gasteiger charge is 2.26. The van der Waals surface area contributed by atoms with Crippen LogP contribution in [0.15, 0.2) is 48.7 Å². The fraction of sp³-hybridized carbons (Fsp3) is 0.333. The Morgan fingerprint density at radius 2 is 1.84 bits per heavy atom. The minimum Gasteiger partial charge on any atom is -0.497 e. The number of methoxy groups -OCH3 is 1. The van der Waals surface area contributed by atoms with Crippen molar-refractivity contribution in [3.05, 3.63) is 54.2 Å². The Kier molecular flexibility index (Phi) is 5.96. The van der Waals surface area contributed by atoms with Crippen molar-refractivity contribution in [2.45, 2.75) is 38.3 Å². The van der Waals surface area contributed by atoms with Crippen molar-refractivity contribution < 1.29 is 9.53 Å². The Hall–Kier alpha value is -3.10. The summed E-state index contributed by atoms with van der Waals surface area (Å²) in [5.74, 6) is 0.859. The van der Waals surface area contributed by atoms with Crippen molar-refractivity contribution in [3.8, 4) is 5.75 Å². The number of aromatic nitrogens is 3. The lowest BCUT2D eigenvalue weighted by atomic mass is 9.85. The molecule has 32 heavy (non-hydrogen) atoms. The normalized spacial score (nSPS) is 18.7. The number of benzene rings is 2. The summed E-state index contributed by atoms with van der Waals surface area (Å²) in [5.41, 5.74) is 4.74. The van der Waals surface area contributed by atoms with Crippen molar-refractivity contribution in [1.29, 1.82) is 0 Å². The Labute approximate surface area is 190 Å². The average Bonchev–Trinajstić information content (AvgIpc) is 3.31. The molecule has 0 aliphatic heterocycles. The first-order valence-electron chi connectivity index (χ1n) is 10.9. The molecule has 1 aliphatic carbocycles. The van der Waals surface area contributed by atoms with Gasteiger partial charge in [-0.2, -0.15) is 8.75 Å². The van der Waals surface area contributed by atoms with Crippen LogP contribution in [-0.4, -0.2) is 32.8 Å². The smallest absolute Gasteiger partial charge is 0.227 e. The third-order valence-corrected chi connectivity index (χ3v) is 6.77. The monoisotopic (exact) mass is 447 g/mol. The number of carbonyl (C=O) groups excluding carboxylic acids is 1. The SMILES string of the molecule is COc1ccc2nccc(NC(=O)[C@H]3CC[C@H](NCc4ccc5nsnc5c4)CC3)c2c1. The molecule has 1 saturated carbocycles. The van der Waals surface area contributed by atoms with E-state index in [1.165, 1.54) is 17.3 Å². The number of rotatable bonds is 6. The number of ether oxygens (including phenoxy) is 1. The number of carbonyl (C=O) groups is 1. The first-order valence-corrected chi connectivity index (χ1v) is 11.6. The van der Waals surface area contributed by atoms with E-state index in [2.05, 4.69) is 36.5 Å². The summed E-state index contributed by atoms with van der Waals surface area (Å²) in [5, 5.41) is 7.66. The van der Waals surface area contributed by atoms with Crippen molar-refractivity contribution in [3.63, 3.8) is 0 Å². The average molecular weight is 448 g/mol. The maximum Gasteiger partial charge on any atom is 0.227 e. The van der Waals surface area contributed by atoms with E-state index in [1.807, 2.05) is 30.3 Å². The maximum absolute atomic E-state index is 13.0. The number of fused-ring (bicyclic) bond motifs is 2. The van der Waals surface area contributed by atoms with Gasteiger partial charge in [-0.25, -0.2) is 0 Å². The van der Waals surface area contributed by atoms with Crippen LogP contribution < -0.4 is 15.4 Å². The summed E-state index contributed by atoms with van der Waals surface area (Å²) in [6.45, 7) is 0.805. The molecule has 5 rings (SSSR count). The molecule has 2 N–H and O–H groups in total. The molecule has 7 nitrogen and oxygen atoms in total. The van der Waals surface area contributed by atoms with E-state index < -0.39 is 0 Å². The van der Waals surface area contributed by atoms with Gasteiger partial charge in [0.1, 0.15) is 16.8 Å². The number of hydrogen-bond acceptors (Lipinski definition) is 7.